The van der Waals surface area contributed by atoms with Gasteiger partial charge in [0.1, 0.15) is 11.9 Å². The first kappa shape index (κ1) is 12.2. The lowest BCUT2D eigenvalue weighted by molar-refractivity contribution is -0.127. The number of rotatable bonds is 5. The van der Waals surface area contributed by atoms with E-state index in [1.807, 2.05) is 0 Å². The van der Waals surface area contributed by atoms with Crippen molar-refractivity contribution in [1.82, 2.24) is 20.6 Å². The highest BCUT2D eigenvalue weighted by Crippen LogP contribution is 1.89. The number of amides is 2. The van der Waals surface area contributed by atoms with Crippen molar-refractivity contribution in [1.29, 1.82) is 0 Å². The second kappa shape index (κ2) is 5.89. The van der Waals surface area contributed by atoms with Crippen LogP contribution < -0.4 is 10.6 Å². The third-order valence-electron chi connectivity index (χ3n) is 2.03. The smallest absolute Gasteiger partial charge is 0.242 e. The summed E-state index contributed by atoms with van der Waals surface area (Å²) in [6.45, 7) is 3.52. The standard InChI is InChI=1S/C10H16N4O2/c1-7(14-8(2)15)10(16)13-4-3-9-11-5-6-12-9/h5-7H,3-4H2,1-2H3,(H,11,12)(H,13,16)(H,14,15). The van der Waals surface area contributed by atoms with E-state index in [-0.39, 0.29) is 11.8 Å². The Bertz CT molecular complexity index is 348. The molecule has 0 aliphatic carbocycles. The molecule has 1 atom stereocenters. The molecule has 0 aliphatic rings. The molecule has 0 aromatic carbocycles. The molecule has 6 nitrogen and oxygen atoms in total. The molecule has 6 heteroatoms. The Morgan fingerprint density at radius 2 is 2.31 bits per heavy atom. The van der Waals surface area contributed by atoms with Crippen molar-refractivity contribution >= 4 is 11.8 Å². The summed E-state index contributed by atoms with van der Waals surface area (Å²) in [5, 5.41) is 5.22. The number of hydrogen-bond donors (Lipinski definition) is 3. The Morgan fingerprint density at radius 1 is 1.56 bits per heavy atom. The first-order chi connectivity index (χ1) is 7.59. The average Bonchev–Trinajstić information content (AvgIpc) is 2.69. The predicted octanol–water partition coefficient (Wildman–Crippen LogP) is -0.407. The van der Waals surface area contributed by atoms with Crippen LogP contribution in [-0.4, -0.2) is 34.4 Å². The highest BCUT2D eigenvalue weighted by atomic mass is 16.2. The minimum atomic E-state index is -0.505. The minimum absolute atomic E-state index is 0.193. The normalized spacial score (nSPS) is 11.9. The van der Waals surface area contributed by atoms with Crippen molar-refractivity contribution < 1.29 is 9.59 Å². The van der Waals surface area contributed by atoms with E-state index in [9.17, 15) is 9.59 Å². The maximum Gasteiger partial charge on any atom is 0.242 e. The molecule has 3 N–H and O–H groups in total. The molecular weight excluding hydrogens is 208 g/mol. The van der Waals surface area contributed by atoms with Crippen LogP contribution in [0.2, 0.25) is 0 Å². The average molecular weight is 224 g/mol. The molecule has 0 aliphatic heterocycles. The largest absolute Gasteiger partial charge is 0.354 e. The van der Waals surface area contributed by atoms with Gasteiger partial charge in [0.05, 0.1) is 0 Å². The van der Waals surface area contributed by atoms with Crippen LogP contribution in [0, 0.1) is 0 Å². The van der Waals surface area contributed by atoms with Crippen LogP contribution in [0.5, 0.6) is 0 Å². The first-order valence-electron chi connectivity index (χ1n) is 5.12. The first-order valence-corrected chi connectivity index (χ1v) is 5.12. The van der Waals surface area contributed by atoms with Gasteiger partial charge in [-0.05, 0) is 6.92 Å². The fraction of sp³-hybridized carbons (Fsp3) is 0.500. The Labute approximate surface area is 93.8 Å². The van der Waals surface area contributed by atoms with E-state index in [1.165, 1.54) is 6.92 Å². The molecule has 0 bridgehead atoms. The van der Waals surface area contributed by atoms with E-state index in [4.69, 9.17) is 0 Å². The molecular formula is C10H16N4O2. The molecule has 2 amide bonds. The molecule has 88 valence electrons. The molecule has 0 saturated carbocycles. The van der Waals surface area contributed by atoms with Gasteiger partial charge >= 0.3 is 0 Å². The number of aromatic amines is 1. The van der Waals surface area contributed by atoms with Crippen molar-refractivity contribution in [2.45, 2.75) is 26.3 Å². The molecule has 0 fully saturated rings. The quantitative estimate of drug-likeness (QED) is 0.635. The van der Waals surface area contributed by atoms with Gasteiger partial charge in [-0.3, -0.25) is 9.59 Å². The van der Waals surface area contributed by atoms with E-state index in [0.29, 0.717) is 13.0 Å². The van der Waals surface area contributed by atoms with Gasteiger partial charge in [-0.25, -0.2) is 4.98 Å². The van der Waals surface area contributed by atoms with Crippen molar-refractivity contribution in [2.75, 3.05) is 6.54 Å². The lowest BCUT2D eigenvalue weighted by Gasteiger charge is -2.12. The number of H-pyrrole nitrogens is 1. The van der Waals surface area contributed by atoms with Crippen molar-refractivity contribution in [2.24, 2.45) is 0 Å². The summed E-state index contributed by atoms with van der Waals surface area (Å²) in [6.07, 6.45) is 4.04. The number of hydrogen-bond acceptors (Lipinski definition) is 3. The number of imidazole rings is 1. The number of nitrogens with zero attached hydrogens (tertiary/aromatic N) is 1. The Morgan fingerprint density at radius 3 is 2.88 bits per heavy atom. The van der Waals surface area contributed by atoms with Gasteiger partial charge in [0.2, 0.25) is 11.8 Å². The molecule has 1 heterocycles. The van der Waals surface area contributed by atoms with Crippen LogP contribution in [0.1, 0.15) is 19.7 Å². The molecule has 16 heavy (non-hydrogen) atoms. The molecule has 0 saturated heterocycles. The second-order valence-electron chi connectivity index (χ2n) is 3.50. The summed E-state index contributed by atoms with van der Waals surface area (Å²) < 4.78 is 0. The third kappa shape index (κ3) is 4.12. The SMILES string of the molecule is CC(=O)NC(C)C(=O)NCCc1ncc[nH]1. The third-order valence-corrected chi connectivity index (χ3v) is 2.03. The van der Waals surface area contributed by atoms with Crippen LogP contribution in [0.25, 0.3) is 0 Å². The van der Waals surface area contributed by atoms with Crippen LogP contribution in [0.3, 0.4) is 0 Å². The van der Waals surface area contributed by atoms with Gasteiger partial charge in [0, 0.05) is 32.3 Å². The van der Waals surface area contributed by atoms with Gasteiger partial charge in [-0.15, -0.1) is 0 Å². The molecule has 1 aromatic heterocycles. The Kier molecular flexibility index (Phi) is 4.50. The summed E-state index contributed by atoms with van der Waals surface area (Å²) in [7, 11) is 0. The summed E-state index contributed by atoms with van der Waals surface area (Å²) in [4.78, 5) is 29.1. The summed E-state index contributed by atoms with van der Waals surface area (Å²) in [5.74, 6) is 0.419. The van der Waals surface area contributed by atoms with Crippen LogP contribution in [0.15, 0.2) is 12.4 Å². The number of aromatic nitrogens is 2. The highest BCUT2D eigenvalue weighted by Gasteiger charge is 2.12. The molecule has 1 unspecified atom stereocenters. The Balaban J connectivity index is 2.22. The van der Waals surface area contributed by atoms with Crippen LogP contribution >= 0.6 is 0 Å². The Hall–Kier alpha value is -1.85. The number of carbonyl (C=O) groups excluding carboxylic acids is 2. The van der Waals surface area contributed by atoms with Gasteiger partial charge < -0.3 is 15.6 Å². The van der Waals surface area contributed by atoms with Gasteiger partial charge in [-0.1, -0.05) is 0 Å². The molecule has 0 spiro atoms. The highest BCUT2D eigenvalue weighted by molar-refractivity contribution is 5.86. The van der Waals surface area contributed by atoms with Crippen LogP contribution in [-0.2, 0) is 16.0 Å². The summed E-state index contributed by atoms with van der Waals surface area (Å²) in [5.41, 5.74) is 0. The predicted molar refractivity (Wildman–Crippen MR) is 58.6 cm³/mol. The van der Waals surface area contributed by atoms with E-state index in [1.54, 1.807) is 19.3 Å². The summed E-state index contributed by atoms with van der Waals surface area (Å²) >= 11 is 0. The maximum atomic E-state index is 11.5. The monoisotopic (exact) mass is 224 g/mol. The molecule has 0 radical (unpaired) electrons. The fourth-order valence-electron chi connectivity index (χ4n) is 1.26. The van der Waals surface area contributed by atoms with E-state index in [0.717, 1.165) is 5.82 Å². The van der Waals surface area contributed by atoms with Crippen molar-refractivity contribution in [3.05, 3.63) is 18.2 Å². The second-order valence-corrected chi connectivity index (χ2v) is 3.50. The number of carbonyl (C=O) groups is 2. The molecule has 1 rings (SSSR count). The van der Waals surface area contributed by atoms with Gasteiger partial charge in [0.25, 0.3) is 0 Å². The van der Waals surface area contributed by atoms with Crippen molar-refractivity contribution in [3.8, 4) is 0 Å². The number of nitrogens with one attached hydrogen (secondary N) is 3. The zero-order valence-electron chi connectivity index (χ0n) is 9.41. The van der Waals surface area contributed by atoms with Crippen molar-refractivity contribution in [3.63, 3.8) is 0 Å². The lowest BCUT2D eigenvalue weighted by atomic mass is 10.3. The van der Waals surface area contributed by atoms with Crippen LogP contribution in [0.4, 0.5) is 0 Å². The van der Waals surface area contributed by atoms with E-state index >= 15 is 0 Å². The van der Waals surface area contributed by atoms with Gasteiger partial charge in [0.15, 0.2) is 0 Å². The van der Waals surface area contributed by atoms with E-state index in [2.05, 4.69) is 20.6 Å². The topological polar surface area (TPSA) is 86.9 Å². The minimum Gasteiger partial charge on any atom is -0.354 e. The molecule has 1 aromatic rings. The fourth-order valence-corrected chi connectivity index (χ4v) is 1.26. The van der Waals surface area contributed by atoms with Gasteiger partial charge in [-0.2, -0.15) is 0 Å². The zero-order valence-corrected chi connectivity index (χ0v) is 9.41. The lowest BCUT2D eigenvalue weighted by Crippen LogP contribution is -2.44. The van der Waals surface area contributed by atoms with E-state index < -0.39 is 6.04 Å². The summed E-state index contributed by atoms with van der Waals surface area (Å²) in [6, 6.07) is -0.505. The zero-order chi connectivity index (χ0) is 12.0. The maximum absolute atomic E-state index is 11.5.